The molecule has 0 radical (unpaired) electrons. The Labute approximate surface area is 105 Å². The van der Waals surface area contributed by atoms with Crippen molar-refractivity contribution in [3.8, 4) is 5.75 Å². The molecule has 0 amide bonds. The van der Waals surface area contributed by atoms with E-state index in [4.69, 9.17) is 4.74 Å². The number of hydrogen-bond donors (Lipinski definition) is 2. The number of para-hydroxylation sites is 1. The first kappa shape index (κ1) is 14.0. The maximum atomic E-state index is 5.60. The molecule has 0 spiro atoms. The minimum absolute atomic E-state index is 0.487. The van der Waals surface area contributed by atoms with Gasteiger partial charge in [0.1, 0.15) is 12.4 Å². The Morgan fingerprint density at radius 1 is 1.18 bits per heavy atom. The number of rotatable bonds is 9. The van der Waals surface area contributed by atoms with Crippen molar-refractivity contribution in [1.82, 2.24) is 10.6 Å². The zero-order valence-electron chi connectivity index (χ0n) is 10.9. The highest BCUT2D eigenvalue weighted by atomic mass is 16.5. The molecule has 1 unspecified atom stereocenters. The van der Waals surface area contributed by atoms with E-state index in [2.05, 4.69) is 24.5 Å². The zero-order valence-corrected chi connectivity index (χ0v) is 10.9. The number of nitrogens with one attached hydrogen (secondary N) is 2. The van der Waals surface area contributed by atoms with Crippen LogP contribution in [0.4, 0.5) is 0 Å². The Hall–Kier alpha value is -1.06. The lowest BCUT2D eigenvalue weighted by molar-refractivity contribution is 0.305. The normalized spacial score (nSPS) is 12.4. The summed E-state index contributed by atoms with van der Waals surface area (Å²) in [6.45, 7) is 8.06. The second-order valence-electron chi connectivity index (χ2n) is 4.22. The van der Waals surface area contributed by atoms with Crippen molar-refractivity contribution in [2.24, 2.45) is 0 Å². The summed E-state index contributed by atoms with van der Waals surface area (Å²) in [6.07, 6.45) is 1.18. The molecule has 0 aliphatic rings. The molecular weight excluding hydrogens is 212 g/mol. The average Bonchev–Trinajstić information content (AvgIpc) is 2.36. The highest BCUT2D eigenvalue weighted by Gasteiger charge is 1.99. The fourth-order valence-corrected chi connectivity index (χ4v) is 1.56. The third-order valence-corrected chi connectivity index (χ3v) is 2.48. The number of benzene rings is 1. The summed E-state index contributed by atoms with van der Waals surface area (Å²) >= 11 is 0. The van der Waals surface area contributed by atoms with E-state index in [9.17, 15) is 0 Å². The zero-order chi connectivity index (χ0) is 12.3. The van der Waals surface area contributed by atoms with Crippen LogP contribution in [0.5, 0.6) is 5.75 Å². The summed E-state index contributed by atoms with van der Waals surface area (Å²) in [5.41, 5.74) is 0. The highest BCUT2D eigenvalue weighted by molar-refractivity contribution is 5.20. The molecule has 0 bridgehead atoms. The van der Waals surface area contributed by atoms with Crippen LogP contribution in [-0.4, -0.2) is 32.3 Å². The van der Waals surface area contributed by atoms with E-state index in [1.54, 1.807) is 0 Å². The molecule has 17 heavy (non-hydrogen) atoms. The molecule has 1 rings (SSSR count). The maximum absolute atomic E-state index is 5.60. The summed E-state index contributed by atoms with van der Waals surface area (Å²) in [4.78, 5) is 0. The van der Waals surface area contributed by atoms with Crippen LogP contribution in [0.2, 0.25) is 0 Å². The lowest BCUT2D eigenvalue weighted by Gasteiger charge is -2.14. The standard InChI is InChI=1S/C14H24N2O/c1-3-9-15-12-13(2)16-10-11-17-14-7-5-4-6-8-14/h4-8,13,15-16H,3,9-12H2,1-2H3. The summed E-state index contributed by atoms with van der Waals surface area (Å²) in [5.74, 6) is 0.936. The quantitative estimate of drug-likeness (QED) is 0.644. The average molecular weight is 236 g/mol. The molecule has 0 saturated carbocycles. The van der Waals surface area contributed by atoms with Crippen molar-refractivity contribution in [3.63, 3.8) is 0 Å². The molecule has 96 valence electrons. The van der Waals surface area contributed by atoms with Gasteiger partial charge in [0.15, 0.2) is 0 Å². The molecule has 0 fully saturated rings. The van der Waals surface area contributed by atoms with Crippen LogP contribution in [0.1, 0.15) is 20.3 Å². The van der Waals surface area contributed by atoms with E-state index in [0.717, 1.165) is 25.4 Å². The number of ether oxygens (including phenoxy) is 1. The van der Waals surface area contributed by atoms with E-state index in [0.29, 0.717) is 12.6 Å². The van der Waals surface area contributed by atoms with Crippen LogP contribution in [0, 0.1) is 0 Å². The minimum Gasteiger partial charge on any atom is -0.492 e. The summed E-state index contributed by atoms with van der Waals surface area (Å²) < 4.78 is 5.60. The van der Waals surface area contributed by atoms with Gasteiger partial charge in [0.05, 0.1) is 0 Å². The Balaban J connectivity index is 2.00. The Morgan fingerprint density at radius 3 is 2.65 bits per heavy atom. The number of hydrogen-bond acceptors (Lipinski definition) is 3. The predicted molar refractivity (Wildman–Crippen MR) is 72.6 cm³/mol. The van der Waals surface area contributed by atoms with E-state index in [1.165, 1.54) is 6.42 Å². The summed E-state index contributed by atoms with van der Waals surface area (Å²) in [5, 5.41) is 6.81. The molecule has 0 aliphatic heterocycles. The van der Waals surface area contributed by atoms with Crippen LogP contribution in [0.15, 0.2) is 30.3 Å². The van der Waals surface area contributed by atoms with E-state index >= 15 is 0 Å². The second-order valence-corrected chi connectivity index (χ2v) is 4.22. The molecular formula is C14H24N2O. The topological polar surface area (TPSA) is 33.3 Å². The van der Waals surface area contributed by atoms with Crippen molar-refractivity contribution in [2.45, 2.75) is 26.3 Å². The van der Waals surface area contributed by atoms with Crippen LogP contribution in [0.3, 0.4) is 0 Å². The summed E-state index contributed by atoms with van der Waals surface area (Å²) in [7, 11) is 0. The maximum Gasteiger partial charge on any atom is 0.119 e. The first-order valence-corrected chi connectivity index (χ1v) is 6.45. The first-order chi connectivity index (χ1) is 8.33. The van der Waals surface area contributed by atoms with Crippen LogP contribution in [-0.2, 0) is 0 Å². The van der Waals surface area contributed by atoms with Gasteiger partial charge in [0, 0.05) is 19.1 Å². The molecule has 0 heterocycles. The molecule has 0 aliphatic carbocycles. The van der Waals surface area contributed by atoms with E-state index < -0.39 is 0 Å². The van der Waals surface area contributed by atoms with Crippen LogP contribution < -0.4 is 15.4 Å². The van der Waals surface area contributed by atoms with Crippen molar-refractivity contribution in [1.29, 1.82) is 0 Å². The van der Waals surface area contributed by atoms with Crippen molar-refractivity contribution >= 4 is 0 Å². The van der Waals surface area contributed by atoms with Gasteiger partial charge in [0.25, 0.3) is 0 Å². The lowest BCUT2D eigenvalue weighted by Crippen LogP contribution is -2.38. The lowest BCUT2D eigenvalue weighted by atomic mass is 10.3. The van der Waals surface area contributed by atoms with Gasteiger partial charge in [-0.3, -0.25) is 0 Å². The first-order valence-electron chi connectivity index (χ1n) is 6.45. The summed E-state index contributed by atoms with van der Waals surface area (Å²) in [6, 6.07) is 10.4. The van der Waals surface area contributed by atoms with Gasteiger partial charge in [-0.05, 0) is 32.0 Å². The SMILES string of the molecule is CCCNCC(C)NCCOc1ccccc1. The Morgan fingerprint density at radius 2 is 1.94 bits per heavy atom. The monoisotopic (exact) mass is 236 g/mol. The van der Waals surface area contributed by atoms with Gasteiger partial charge >= 0.3 is 0 Å². The van der Waals surface area contributed by atoms with Crippen molar-refractivity contribution in [2.75, 3.05) is 26.2 Å². The van der Waals surface area contributed by atoms with Crippen molar-refractivity contribution < 1.29 is 4.74 Å². The van der Waals surface area contributed by atoms with Crippen molar-refractivity contribution in [3.05, 3.63) is 30.3 Å². The molecule has 3 heteroatoms. The van der Waals surface area contributed by atoms with Crippen LogP contribution >= 0.6 is 0 Å². The molecule has 0 saturated heterocycles. The molecule has 1 atom stereocenters. The van der Waals surface area contributed by atoms with E-state index in [-0.39, 0.29) is 0 Å². The molecule has 2 N–H and O–H groups in total. The largest absolute Gasteiger partial charge is 0.492 e. The Bertz CT molecular complexity index is 277. The highest BCUT2D eigenvalue weighted by Crippen LogP contribution is 2.07. The van der Waals surface area contributed by atoms with E-state index in [1.807, 2.05) is 30.3 Å². The van der Waals surface area contributed by atoms with Gasteiger partial charge in [-0.25, -0.2) is 0 Å². The molecule has 1 aromatic rings. The molecule has 1 aromatic carbocycles. The minimum atomic E-state index is 0.487. The van der Waals surface area contributed by atoms with Gasteiger partial charge in [0.2, 0.25) is 0 Å². The third-order valence-electron chi connectivity index (χ3n) is 2.48. The fourth-order valence-electron chi connectivity index (χ4n) is 1.56. The van der Waals surface area contributed by atoms with Gasteiger partial charge in [-0.2, -0.15) is 0 Å². The smallest absolute Gasteiger partial charge is 0.119 e. The van der Waals surface area contributed by atoms with Gasteiger partial charge in [-0.15, -0.1) is 0 Å². The van der Waals surface area contributed by atoms with Gasteiger partial charge < -0.3 is 15.4 Å². The Kier molecular flexibility index (Phi) is 7.43. The fraction of sp³-hybridized carbons (Fsp3) is 0.571. The predicted octanol–water partition coefficient (Wildman–Crippen LogP) is 2.04. The molecule has 3 nitrogen and oxygen atoms in total. The van der Waals surface area contributed by atoms with Gasteiger partial charge in [-0.1, -0.05) is 25.1 Å². The third kappa shape index (κ3) is 6.97. The second kappa shape index (κ2) is 9.02. The molecule has 0 aromatic heterocycles. The van der Waals surface area contributed by atoms with Crippen LogP contribution in [0.25, 0.3) is 0 Å².